The van der Waals surface area contributed by atoms with Gasteiger partial charge in [-0.15, -0.1) is 0 Å². The summed E-state index contributed by atoms with van der Waals surface area (Å²) in [4.78, 5) is 7.56. The van der Waals surface area contributed by atoms with Crippen molar-refractivity contribution in [2.24, 2.45) is 0 Å². The van der Waals surface area contributed by atoms with E-state index in [1.165, 1.54) is 12.5 Å². The van der Waals surface area contributed by atoms with Gasteiger partial charge in [0.05, 0.1) is 11.9 Å². The number of anilines is 1. The fourth-order valence-electron chi connectivity index (χ4n) is 1.01. The molecule has 0 aliphatic carbocycles. The van der Waals surface area contributed by atoms with Gasteiger partial charge in [0.1, 0.15) is 20.7 Å². The van der Waals surface area contributed by atoms with E-state index in [0.29, 0.717) is 23.8 Å². The Morgan fingerprint density at radius 3 is 2.75 bits per heavy atom. The predicted octanol–water partition coefficient (Wildman–Crippen LogP) is 1.63. The molecule has 0 aliphatic rings. The number of halogens is 2. The molecular formula is C8H11Cl2N3O2S. The number of nitrogens with zero attached hydrogens (tertiary/aromatic N) is 2. The zero-order valence-corrected chi connectivity index (χ0v) is 10.9. The van der Waals surface area contributed by atoms with Crippen LogP contribution in [0.3, 0.4) is 0 Å². The number of nitrogens with one attached hydrogen (secondary N) is 1. The highest BCUT2D eigenvalue weighted by atomic mass is 35.5. The van der Waals surface area contributed by atoms with Gasteiger partial charge in [0.2, 0.25) is 5.28 Å². The molecule has 0 fully saturated rings. The van der Waals surface area contributed by atoms with Gasteiger partial charge >= 0.3 is 0 Å². The lowest BCUT2D eigenvalue weighted by Gasteiger charge is -2.06. The van der Waals surface area contributed by atoms with Crippen molar-refractivity contribution in [3.63, 3.8) is 0 Å². The summed E-state index contributed by atoms with van der Waals surface area (Å²) in [6, 6.07) is 0. The van der Waals surface area contributed by atoms with Crippen molar-refractivity contribution in [1.82, 2.24) is 9.97 Å². The maximum absolute atomic E-state index is 10.9. The zero-order chi connectivity index (χ0) is 12.2. The minimum atomic E-state index is -2.93. The Bertz CT molecular complexity index is 464. The second-order valence-electron chi connectivity index (χ2n) is 3.25. The summed E-state index contributed by atoms with van der Waals surface area (Å²) in [7, 11) is -2.93. The SMILES string of the molecule is CS(=O)(=O)CCCNc1nc(Cl)ncc1Cl. The predicted molar refractivity (Wildman–Crippen MR) is 64.9 cm³/mol. The molecule has 0 saturated heterocycles. The zero-order valence-electron chi connectivity index (χ0n) is 8.57. The number of rotatable bonds is 5. The summed E-state index contributed by atoms with van der Waals surface area (Å²) in [5.74, 6) is 0.534. The van der Waals surface area contributed by atoms with Crippen LogP contribution >= 0.6 is 23.2 Å². The van der Waals surface area contributed by atoms with Crippen molar-refractivity contribution in [3.05, 3.63) is 16.5 Å². The molecule has 0 radical (unpaired) electrons. The van der Waals surface area contributed by atoms with E-state index in [1.54, 1.807) is 0 Å². The van der Waals surface area contributed by atoms with Crippen molar-refractivity contribution < 1.29 is 8.42 Å². The van der Waals surface area contributed by atoms with Gasteiger partial charge in [0, 0.05) is 12.8 Å². The minimum absolute atomic E-state index is 0.0926. The fourth-order valence-corrected chi connectivity index (χ4v) is 1.97. The molecule has 0 bridgehead atoms. The molecule has 16 heavy (non-hydrogen) atoms. The van der Waals surface area contributed by atoms with Gasteiger partial charge < -0.3 is 5.32 Å². The van der Waals surface area contributed by atoms with E-state index in [9.17, 15) is 8.42 Å². The molecule has 0 saturated carbocycles. The largest absolute Gasteiger partial charge is 0.369 e. The number of hydrogen-bond acceptors (Lipinski definition) is 5. The average molecular weight is 284 g/mol. The van der Waals surface area contributed by atoms with Crippen LogP contribution in [0.2, 0.25) is 10.3 Å². The van der Waals surface area contributed by atoms with Crippen molar-refractivity contribution in [3.8, 4) is 0 Å². The van der Waals surface area contributed by atoms with E-state index >= 15 is 0 Å². The first kappa shape index (κ1) is 13.5. The van der Waals surface area contributed by atoms with Gasteiger partial charge in [-0.05, 0) is 18.0 Å². The van der Waals surface area contributed by atoms with Gasteiger partial charge in [0.15, 0.2) is 0 Å². The van der Waals surface area contributed by atoms with Crippen molar-refractivity contribution in [1.29, 1.82) is 0 Å². The number of hydrogen-bond donors (Lipinski definition) is 1. The van der Waals surface area contributed by atoms with E-state index in [0.717, 1.165) is 0 Å². The first-order valence-electron chi connectivity index (χ1n) is 4.48. The number of sulfone groups is 1. The monoisotopic (exact) mass is 283 g/mol. The van der Waals surface area contributed by atoms with Crippen LogP contribution in [0.15, 0.2) is 6.20 Å². The summed E-state index contributed by atoms with van der Waals surface area (Å²) >= 11 is 11.4. The Morgan fingerprint density at radius 1 is 1.44 bits per heavy atom. The third kappa shape index (κ3) is 4.96. The molecule has 1 rings (SSSR count). The van der Waals surface area contributed by atoms with Gasteiger partial charge in [-0.25, -0.2) is 13.4 Å². The van der Waals surface area contributed by atoms with E-state index in [2.05, 4.69) is 15.3 Å². The summed E-state index contributed by atoms with van der Waals surface area (Å²) in [6.45, 7) is 0.458. The van der Waals surface area contributed by atoms with Crippen LogP contribution in [-0.2, 0) is 9.84 Å². The Labute approximate surface area is 104 Å². The molecule has 0 aromatic carbocycles. The third-order valence-electron chi connectivity index (χ3n) is 1.70. The van der Waals surface area contributed by atoms with Crippen LogP contribution in [0, 0.1) is 0 Å². The molecule has 0 spiro atoms. The first-order valence-corrected chi connectivity index (χ1v) is 7.30. The van der Waals surface area contributed by atoms with Gasteiger partial charge in [-0.3, -0.25) is 0 Å². The van der Waals surface area contributed by atoms with E-state index < -0.39 is 9.84 Å². The molecule has 1 aromatic heterocycles. The van der Waals surface area contributed by atoms with Crippen LogP contribution in [0.4, 0.5) is 5.82 Å². The molecule has 0 amide bonds. The Balaban J connectivity index is 2.46. The van der Waals surface area contributed by atoms with Gasteiger partial charge in [-0.1, -0.05) is 11.6 Å². The number of aromatic nitrogens is 2. The molecule has 1 N–H and O–H groups in total. The lowest BCUT2D eigenvalue weighted by molar-refractivity contribution is 0.600. The van der Waals surface area contributed by atoms with E-state index in [1.807, 2.05) is 0 Å². The molecule has 0 unspecified atom stereocenters. The first-order chi connectivity index (χ1) is 7.38. The van der Waals surface area contributed by atoms with E-state index in [4.69, 9.17) is 23.2 Å². The topological polar surface area (TPSA) is 72.0 Å². The molecule has 90 valence electrons. The van der Waals surface area contributed by atoms with E-state index in [-0.39, 0.29) is 11.0 Å². The Kier molecular flexibility index (Phi) is 4.76. The third-order valence-corrected chi connectivity index (χ3v) is 3.19. The quantitative estimate of drug-likeness (QED) is 0.657. The van der Waals surface area contributed by atoms with Crippen molar-refractivity contribution in [2.75, 3.05) is 23.9 Å². The molecular weight excluding hydrogens is 273 g/mol. The molecule has 0 atom stereocenters. The van der Waals surface area contributed by atoms with Crippen LogP contribution < -0.4 is 5.32 Å². The standard InChI is InChI=1S/C8H11Cl2N3O2S/c1-16(14,15)4-2-3-11-7-6(9)5-12-8(10)13-7/h5H,2-4H2,1H3,(H,11,12,13). The maximum atomic E-state index is 10.9. The summed E-state index contributed by atoms with van der Waals surface area (Å²) < 4.78 is 21.7. The minimum Gasteiger partial charge on any atom is -0.369 e. The molecule has 1 aromatic rings. The van der Waals surface area contributed by atoms with Crippen LogP contribution in [0.25, 0.3) is 0 Å². The Morgan fingerprint density at radius 2 is 2.12 bits per heavy atom. The van der Waals surface area contributed by atoms with Crippen LogP contribution in [0.1, 0.15) is 6.42 Å². The maximum Gasteiger partial charge on any atom is 0.224 e. The van der Waals surface area contributed by atoms with Crippen LogP contribution in [-0.4, -0.2) is 36.9 Å². The Hall–Kier alpha value is -0.590. The molecule has 0 aliphatic heterocycles. The molecule has 1 heterocycles. The smallest absolute Gasteiger partial charge is 0.224 e. The summed E-state index contributed by atoms with van der Waals surface area (Å²) in [6.07, 6.45) is 3.06. The lowest BCUT2D eigenvalue weighted by atomic mass is 10.4. The van der Waals surface area contributed by atoms with Crippen LogP contribution in [0.5, 0.6) is 0 Å². The van der Waals surface area contributed by atoms with Gasteiger partial charge in [0.25, 0.3) is 0 Å². The highest BCUT2D eigenvalue weighted by molar-refractivity contribution is 7.90. The second kappa shape index (κ2) is 5.65. The van der Waals surface area contributed by atoms with Crippen molar-refractivity contribution >= 4 is 38.9 Å². The lowest BCUT2D eigenvalue weighted by Crippen LogP contribution is -2.10. The highest BCUT2D eigenvalue weighted by Crippen LogP contribution is 2.18. The molecule has 5 nitrogen and oxygen atoms in total. The normalized spacial score (nSPS) is 11.4. The highest BCUT2D eigenvalue weighted by Gasteiger charge is 2.05. The summed E-state index contributed by atoms with van der Waals surface area (Å²) in [5.41, 5.74) is 0. The van der Waals surface area contributed by atoms with Crippen molar-refractivity contribution in [2.45, 2.75) is 6.42 Å². The molecule has 8 heteroatoms. The average Bonchev–Trinajstić information content (AvgIpc) is 2.16. The second-order valence-corrected chi connectivity index (χ2v) is 6.25. The summed E-state index contributed by atoms with van der Waals surface area (Å²) in [5, 5.41) is 3.34. The van der Waals surface area contributed by atoms with Gasteiger partial charge in [-0.2, -0.15) is 4.98 Å². The fraction of sp³-hybridized carbons (Fsp3) is 0.500.